The minimum absolute atomic E-state index is 0.710. The van der Waals surface area contributed by atoms with Crippen molar-refractivity contribution in [3.63, 3.8) is 0 Å². The Morgan fingerprint density at radius 2 is 2.24 bits per heavy atom. The molecule has 17 heavy (non-hydrogen) atoms. The molecule has 0 aliphatic heterocycles. The molecule has 0 aliphatic rings. The SMILES string of the molecule is Cc1cc(NCCc2ncn(C)n2)ncc1N. The van der Waals surface area contributed by atoms with Crippen LogP contribution in [-0.2, 0) is 13.5 Å². The number of rotatable bonds is 4. The van der Waals surface area contributed by atoms with E-state index in [0.717, 1.165) is 30.2 Å². The molecule has 0 amide bonds. The number of nitrogens with zero attached hydrogens (tertiary/aromatic N) is 4. The van der Waals surface area contributed by atoms with Crippen molar-refractivity contribution in [2.45, 2.75) is 13.3 Å². The molecular weight excluding hydrogens is 216 g/mol. The van der Waals surface area contributed by atoms with Gasteiger partial charge in [-0.3, -0.25) is 4.68 Å². The van der Waals surface area contributed by atoms with Gasteiger partial charge >= 0.3 is 0 Å². The summed E-state index contributed by atoms with van der Waals surface area (Å²) in [5.74, 6) is 1.65. The summed E-state index contributed by atoms with van der Waals surface area (Å²) in [6.45, 7) is 2.71. The number of hydrogen-bond donors (Lipinski definition) is 2. The van der Waals surface area contributed by atoms with Crippen LogP contribution >= 0.6 is 0 Å². The van der Waals surface area contributed by atoms with E-state index in [1.54, 1.807) is 17.2 Å². The summed E-state index contributed by atoms with van der Waals surface area (Å²) >= 11 is 0. The van der Waals surface area contributed by atoms with E-state index in [2.05, 4.69) is 20.4 Å². The lowest BCUT2D eigenvalue weighted by Gasteiger charge is -2.06. The second-order valence-corrected chi connectivity index (χ2v) is 3.94. The number of nitrogens with one attached hydrogen (secondary N) is 1. The standard InChI is InChI=1S/C11H16N6/c1-8-5-11(14-6-9(8)12)13-4-3-10-15-7-17(2)16-10/h5-7H,3-4,12H2,1-2H3,(H,13,14). The fourth-order valence-corrected chi connectivity index (χ4v) is 1.46. The predicted octanol–water partition coefficient (Wildman–Crippen LogP) is 0.755. The van der Waals surface area contributed by atoms with E-state index in [4.69, 9.17) is 5.73 Å². The van der Waals surface area contributed by atoms with Crippen LogP contribution in [0.3, 0.4) is 0 Å². The molecule has 6 heteroatoms. The minimum atomic E-state index is 0.710. The molecule has 0 spiro atoms. The van der Waals surface area contributed by atoms with Crippen LogP contribution in [0.25, 0.3) is 0 Å². The van der Waals surface area contributed by atoms with Crippen LogP contribution in [0.4, 0.5) is 11.5 Å². The molecule has 0 radical (unpaired) electrons. The first-order chi connectivity index (χ1) is 8.15. The van der Waals surface area contributed by atoms with Crippen molar-refractivity contribution in [2.75, 3.05) is 17.6 Å². The van der Waals surface area contributed by atoms with Gasteiger partial charge in [-0.1, -0.05) is 0 Å². The second kappa shape index (κ2) is 4.82. The quantitative estimate of drug-likeness (QED) is 0.813. The number of hydrogen-bond acceptors (Lipinski definition) is 5. The molecular formula is C11H16N6. The van der Waals surface area contributed by atoms with Gasteiger partial charge in [0.05, 0.1) is 11.9 Å². The summed E-state index contributed by atoms with van der Waals surface area (Å²) < 4.78 is 1.70. The molecule has 2 rings (SSSR count). The number of nitrogen functional groups attached to an aromatic ring is 1. The van der Waals surface area contributed by atoms with Crippen LogP contribution in [0, 0.1) is 6.92 Å². The lowest BCUT2D eigenvalue weighted by molar-refractivity contribution is 0.742. The largest absolute Gasteiger partial charge is 0.397 e. The van der Waals surface area contributed by atoms with Gasteiger partial charge in [0.15, 0.2) is 5.82 Å². The van der Waals surface area contributed by atoms with E-state index >= 15 is 0 Å². The Balaban J connectivity index is 1.87. The van der Waals surface area contributed by atoms with Crippen molar-refractivity contribution in [3.8, 4) is 0 Å². The summed E-state index contributed by atoms with van der Waals surface area (Å²) in [6, 6.07) is 1.93. The zero-order valence-electron chi connectivity index (χ0n) is 10.0. The Labute approximate surface area is 99.9 Å². The summed E-state index contributed by atoms with van der Waals surface area (Å²) in [7, 11) is 1.86. The second-order valence-electron chi connectivity index (χ2n) is 3.94. The van der Waals surface area contributed by atoms with Crippen LogP contribution in [0.5, 0.6) is 0 Å². The average molecular weight is 232 g/mol. The zero-order chi connectivity index (χ0) is 12.3. The van der Waals surface area contributed by atoms with Gasteiger partial charge in [0.1, 0.15) is 12.1 Å². The van der Waals surface area contributed by atoms with E-state index in [9.17, 15) is 0 Å². The Kier molecular flexibility index (Phi) is 3.22. The van der Waals surface area contributed by atoms with Gasteiger partial charge in [0, 0.05) is 20.0 Å². The fraction of sp³-hybridized carbons (Fsp3) is 0.364. The molecule has 6 nitrogen and oxygen atoms in total. The lowest BCUT2D eigenvalue weighted by Crippen LogP contribution is -2.08. The van der Waals surface area contributed by atoms with Crippen molar-refractivity contribution in [1.82, 2.24) is 19.7 Å². The maximum Gasteiger partial charge on any atom is 0.152 e. The van der Waals surface area contributed by atoms with Crippen molar-refractivity contribution in [3.05, 3.63) is 30.0 Å². The van der Waals surface area contributed by atoms with Gasteiger partial charge in [-0.25, -0.2) is 9.97 Å². The highest BCUT2D eigenvalue weighted by Gasteiger charge is 2.00. The number of anilines is 2. The number of aryl methyl sites for hydroxylation is 2. The Morgan fingerprint density at radius 1 is 1.41 bits per heavy atom. The maximum atomic E-state index is 5.70. The first-order valence-electron chi connectivity index (χ1n) is 5.45. The van der Waals surface area contributed by atoms with E-state index in [0.29, 0.717) is 5.69 Å². The molecule has 0 aliphatic carbocycles. The van der Waals surface area contributed by atoms with Crippen molar-refractivity contribution < 1.29 is 0 Å². The molecule has 0 aromatic carbocycles. The van der Waals surface area contributed by atoms with Gasteiger partial charge in [-0.05, 0) is 18.6 Å². The zero-order valence-corrected chi connectivity index (χ0v) is 10.0. The van der Waals surface area contributed by atoms with E-state index in [1.807, 2.05) is 20.0 Å². The summed E-state index contributed by atoms with van der Waals surface area (Å²) in [5, 5.41) is 7.41. The Morgan fingerprint density at radius 3 is 2.88 bits per heavy atom. The third-order valence-corrected chi connectivity index (χ3v) is 2.45. The molecule has 2 heterocycles. The normalized spacial score (nSPS) is 10.5. The van der Waals surface area contributed by atoms with Gasteiger partial charge in [-0.15, -0.1) is 0 Å². The van der Waals surface area contributed by atoms with Gasteiger partial charge < -0.3 is 11.1 Å². The first-order valence-corrected chi connectivity index (χ1v) is 5.45. The van der Waals surface area contributed by atoms with Crippen LogP contribution in [-0.4, -0.2) is 26.3 Å². The van der Waals surface area contributed by atoms with Crippen LogP contribution < -0.4 is 11.1 Å². The highest BCUT2D eigenvalue weighted by atomic mass is 15.3. The van der Waals surface area contributed by atoms with Crippen LogP contribution in [0.2, 0.25) is 0 Å². The third-order valence-electron chi connectivity index (χ3n) is 2.45. The van der Waals surface area contributed by atoms with Gasteiger partial charge in [0.25, 0.3) is 0 Å². The van der Waals surface area contributed by atoms with Crippen LogP contribution in [0.1, 0.15) is 11.4 Å². The maximum absolute atomic E-state index is 5.70. The Bertz CT molecular complexity index is 504. The number of nitrogens with two attached hydrogens (primary N) is 1. The van der Waals surface area contributed by atoms with Gasteiger partial charge in [-0.2, -0.15) is 5.10 Å². The first kappa shape index (κ1) is 11.4. The highest BCUT2D eigenvalue weighted by Crippen LogP contribution is 2.12. The highest BCUT2D eigenvalue weighted by molar-refractivity contribution is 5.50. The van der Waals surface area contributed by atoms with E-state index < -0.39 is 0 Å². The topological polar surface area (TPSA) is 81.7 Å². The fourth-order valence-electron chi connectivity index (χ4n) is 1.46. The monoisotopic (exact) mass is 232 g/mol. The molecule has 2 aromatic heterocycles. The number of pyridine rings is 1. The van der Waals surface area contributed by atoms with Crippen molar-refractivity contribution >= 4 is 11.5 Å². The molecule has 90 valence electrons. The Hall–Kier alpha value is -2.11. The smallest absolute Gasteiger partial charge is 0.152 e. The number of aromatic nitrogens is 4. The van der Waals surface area contributed by atoms with Crippen molar-refractivity contribution in [2.24, 2.45) is 7.05 Å². The molecule has 0 bridgehead atoms. The average Bonchev–Trinajstić information content (AvgIpc) is 2.70. The van der Waals surface area contributed by atoms with Crippen molar-refractivity contribution in [1.29, 1.82) is 0 Å². The van der Waals surface area contributed by atoms with E-state index in [-0.39, 0.29) is 0 Å². The molecule has 0 saturated heterocycles. The minimum Gasteiger partial charge on any atom is -0.397 e. The molecule has 0 atom stereocenters. The summed E-state index contributed by atoms with van der Waals surface area (Å²) in [5.41, 5.74) is 7.43. The lowest BCUT2D eigenvalue weighted by atomic mass is 10.2. The van der Waals surface area contributed by atoms with Gasteiger partial charge in [0.2, 0.25) is 0 Å². The molecule has 2 aromatic rings. The predicted molar refractivity (Wildman–Crippen MR) is 66.6 cm³/mol. The summed E-state index contributed by atoms with van der Waals surface area (Å²) in [4.78, 5) is 8.34. The van der Waals surface area contributed by atoms with Crippen LogP contribution in [0.15, 0.2) is 18.6 Å². The molecule has 0 saturated carbocycles. The summed E-state index contributed by atoms with van der Waals surface area (Å²) in [6.07, 6.45) is 4.13. The molecule has 3 N–H and O–H groups in total. The molecule has 0 fully saturated rings. The molecule has 0 unspecified atom stereocenters. The third kappa shape index (κ3) is 2.93. The van der Waals surface area contributed by atoms with E-state index in [1.165, 1.54) is 0 Å².